The van der Waals surface area contributed by atoms with Gasteiger partial charge in [0.15, 0.2) is 0 Å². The summed E-state index contributed by atoms with van der Waals surface area (Å²) in [5, 5.41) is 27.4. The van der Waals surface area contributed by atoms with Crippen LogP contribution in [0.2, 0.25) is 0 Å². The monoisotopic (exact) mass is 468 g/mol. The van der Waals surface area contributed by atoms with E-state index in [1.807, 2.05) is 12.1 Å². The summed E-state index contributed by atoms with van der Waals surface area (Å²) in [7, 11) is 0. The lowest BCUT2D eigenvalue weighted by molar-refractivity contribution is -0.159. The van der Waals surface area contributed by atoms with Crippen LogP contribution < -0.4 is 10.1 Å². The van der Waals surface area contributed by atoms with Crippen molar-refractivity contribution in [3.8, 4) is 11.8 Å². The van der Waals surface area contributed by atoms with E-state index < -0.39 is 17.8 Å². The molecule has 0 spiro atoms. The van der Waals surface area contributed by atoms with E-state index in [0.717, 1.165) is 18.5 Å². The maximum atomic E-state index is 13.6. The first-order valence-electron chi connectivity index (χ1n) is 8.59. The summed E-state index contributed by atoms with van der Waals surface area (Å²) >= 11 is 3.13. The van der Waals surface area contributed by atoms with E-state index >= 15 is 0 Å². The number of rotatable bonds is 7. The highest BCUT2D eigenvalue weighted by Crippen LogP contribution is 2.31. The van der Waals surface area contributed by atoms with Crippen molar-refractivity contribution in [3.05, 3.63) is 52.1 Å². The normalized spacial score (nSPS) is 13.6. The van der Waals surface area contributed by atoms with Crippen LogP contribution in [0.3, 0.4) is 0 Å². The number of benzene rings is 1. The highest BCUT2D eigenvalue weighted by molar-refractivity contribution is 9.10. The Balaban J connectivity index is 0.000000438. The second-order valence-electron chi connectivity index (χ2n) is 6.16. The molecule has 0 unspecified atom stereocenters. The molecule has 0 amide bonds. The first kappa shape index (κ1) is 22.4. The molecule has 0 saturated heterocycles. The maximum absolute atomic E-state index is 13.6. The molecular weight excluding hydrogens is 451 g/mol. The molecule has 1 fully saturated rings. The number of nitrogens with one attached hydrogen (secondary N) is 1. The van der Waals surface area contributed by atoms with E-state index in [1.165, 1.54) is 25.0 Å². The topological polar surface area (TPSA) is 133 Å². The van der Waals surface area contributed by atoms with Crippen LogP contribution in [0.5, 0.6) is 5.75 Å². The molecule has 3 rings (SSSR count). The summed E-state index contributed by atoms with van der Waals surface area (Å²) in [6, 6.07) is 7.10. The van der Waals surface area contributed by atoms with Gasteiger partial charge in [0.1, 0.15) is 23.7 Å². The Labute approximate surface area is 174 Å². The van der Waals surface area contributed by atoms with Gasteiger partial charge >= 0.3 is 11.9 Å². The number of furan rings is 1. The predicted molar refractivity (Wildman–Crippen MR) is 102 cm³/mol. The van der Waals surface area contributed by atoms with Gasteiger partial charge in [0.05, 0.1) is 22.6 Å². The van der Waals surface area contributed by atoms with Crippen LogP contribution in [-0.2, 0) is 9.59 Å². The number of aliphatic carboxylic acids is 2. The highest BCUT2D eigenvalue weighted by Gasteiger charge is 2.22. The van der Waals surface area contributed by atoms with Crippen molar-refractivity contribution >= 4 is 27.9 Å². The molecule has 0 bridgehead atoms. The Kier molecular flexibility index (Phi) is 8.18. The summed E-state index contributed by atoms with van der Waals surface area (Å²) in [6.45, 7) is 0.810. The molecule has 1 aliphatic rings. The molecule has 3 N–H and O–H groups in total. The standard InChI is InChI=1S/C17H16BrFN2O2.C2H2O4/c18-14-8-17(12(9-20)7-15(14)19)23-16(11-4-6-22-10-11)3-5-21-13-1-2-13;3-1(4)2(5)6/h4,6-8,10,13,16,21H,1-3,5H2;(H,3,4)(H,5,6)/t16-;/m1./s1. The number of hydrogen-bond acceptors (Lipinski definition) is 6. The predicted octanol–water partition coefficient (Wildman–Crippen LogP) is 3.47. The number of ether oxygens (including phenoxy) is 1. The molecular formula is C19H18BrFN2O6. The van der Waals surface area contributed by atoms with Gasteiger partial charge in [-0.1, -0.05) is 0 Å². The molecule has 1 heterocycles. The number of nitrogens with zero attached hydrogens (tertiary/aromatic N) is 1. The zero-order valence-corrected chi connectivity index (χ0v) is 16.7. The van der Waals surface area contributed by atoms with Gasteiger partial charge in [0.25, 0.3) is 0 Å². The van der Waals surface area contributed by atoms with Crippen molar-refractivity contribution in [1.82, 2.24) is 5.32 Å². The Morgan fingerprint density at radius 3 is 2.59 bits per heavy atom. The largest absolute Gasteiger partial charge is 0.484 e. The lowest BCUT2D eigenvalue weighted by Crippen LogP contribution is -2.21. The van der Waals surface area contributed by atoms with E-state index in [0.29, 0.717) is 11.8 Å². The van der Waals surface area contributed by atoms with Crippen molar-refractivity contribution in [3.63, 3.8) is 0 Å². The molecule has 1 aliphatic carbocycles. The van der Waals surface area contributed by atoms with Gasteiger partial charge < -0.3 is 24.7 Å². The SMILES string of the molecule is N#Cc1cc(F)c(Br)cc1O[C@H](CCNC1CC1)c1ccoc1.O=C(O)C(=O)O. The number of hydrogen-bond donors (Lipinski definition) is 3. The number of halogens is 2. The molecule has 2 aromatic rings. The van der Waals surface area contributed by atoms with Crippen LogP contribution >= 0.6 is 15.9 Å². The van der Waals surface area contributed by atoms with E-state index in [4.69, 9.17) is 29.0 Å². The molecule has 10 heteroatoms. The fourth-order valence-corrected chi connectivity index (χ4v) is 2.65. The summed E-state index contributed by atoms with van der Waals surface area (Å²) in [5.41, 5.74) is 1.07. The van der Waals surface area contributed by atoms with Gasteiger partial charge in [-0.25, -0.2) is 14.0 Å². The van der Waals surface area contributed by atoms with Crippen LogP contribution in [0.15, 0.2) is 39.6 Å². The van der Waals surface area contributed by atoms with Gasteiger partial charge in [0.2, 0.25) is 0 Å². The summed E-state index contributed by atoms with van der Waals surface area (Å²) in [6.07, 6.45) is 6.14. The molecule has 154 valence electrons. The fraction of sp³-hybridized carbons (Fsp3) is 0.316. The zero-order valence-electron chi connectivity index (χ0n) is 15.1. The van der Waals surface area contributed by atoms with Gasteiger partial charge in [-0.3, -0.25) is 0 Å². The van der Waals surface area contributed by atoms with Crippen molar-refractivity contribution in [1.29, 1.82) is 5.26 Å². The summed E-state index contributed by atoms with van der Waals surface area (Å²) < 4.78 is 25.0. The molecule has 0 radical (unpaired) electrons. The second-order valence-corrected chi connectivity index (χ2v) is 7.02. The first-order chi connectivity index (χ1) is 13.8. The van der Waals surface area contributed by atoms with Gasteiger partial charge in [0, 0.05) is 18.0 Å². The van der Waals surface area contributed by atoms with Crippen LogP contribution in [0.1, 0.15) is 36.5 Å². The quantitative estimate of drug-likeness (QED) is 0.525. The van der Waals surface area contributed by atoms with Crippen LogP contribution in [0.4, 0.5) is 4.39 Å². The minimum atomic E-state index is -1.82. The lowest BCUT2D eigenvalue weighted by Gasteiger charge is -2.19. The van der Waals surface area contributed by atoms with Gasteiger partial charge in [-0.15, -0.1) is 0 Å². The van der Waals surface area contributed by atoms with Crippen molar-refractivity contribution < 1.29 is 33.3 Å². The van der Waals surface area contributed by atoms with Crippen molar-refractivity contribution in [2.45, 2.75) is 31.4 Å². The third-order valence-electron chi connectivity index (χ3n) is 3.93. The molecule has 8 nitrogen and oxygen atoms in total. The summed E-state index contributed by atoms with van der Waals surface area (Å²) in [5.74, 6) is -3.77. The van der Waals surface area contributed by atoms with Gasteiger partial charge in [-0.2, -0.15) is 5.26 Å². The number of nitriles is 1. The smallest absolute Gasteiger partial charge is 0.414 e. The maximum Gasteiger partial charge on any atom is 0.414 e. The third kappa shape index (κ3) is 7.21. The average molecular weight is 469 g/mol. The van der Waals surface area contributed by atoms with Crippen LogP contribution in [-0.4, -0.2) is 34.7 Å². The molecule has 1 aromatic heterocycles. The molecule has 29 heavy (non-hydrogen) atoms. The number of carbonyl (C=O) groups is 2. The average Bonchev–Trinajstić information content (AvgIpc) is 3.34. The fourth-order valence-electron chi connectivity index (χ4n) is 2.32. The van der Waals surface area contributed by atoms with Crippen molar-refractivity contribution in [2.24, 2.45) is 0 Å². The van der Waals surface area contributed by atoms with E-state index in [9.17, 15) is 9.65 Å². The minimum Gasteiger partial charge on any atom is -0.484 e. The first-order valence-corrected chi connectivity index (χ1v) is 9.38. The van der Waals surface area contributed by atoms with E-state index in [-0.39, 0.29) is 16.1 Å². The Bertz CT molecular complexity index is 881. The molecule has 1 aromatic carbocycles. The van der Waals surface area contributed by atoms with Crippen LogP contribution in [0.25, 0.3) is 0 Å². The molecule has 0 aliphatic heterocycles. The minimum absolute atomic E-state index is 0.175. The second kappa shape index (κ2) is 10.6. The Morgan fingerprint density at radius 1 is 1.38 bits per heavy atom. The van der Waals surface area contributed by atoms with E-state index in [2.05, 4.69) is 21.2 Å². The van der Waals surface area contributed by atoms with E-state index in [1.54, 1.807) is 12.5 Å². The number of carboxylic acids is 2. The Morgan fingerprint density at radius 2 is 2.07 bits per heavy atom. The summed E-state index contributed by atoms with van der Waals surface area (Å²) in [4.78, 5) is 18.2. The Hall–Kier alpha value is -2.90. The third-order valence-corrected chi connectivity index (χ3v) is 4.53. The lowest BCUT2D eigenvalue weighted by atomic mass is 10.1. The highest BCUT2D eigenvalue weighted by atomic mass is 79.9. The van der Waals surface area contributed by atoms with Crippen LogP contribution in [0, 0.1) is 17.1 Å². The van der Waals surface area contributed by atoms with Crippen molar-refractivity contribution in [2.75, 3.05) is 6.54 Å². The van der Waals surface area contributed by atoms with Gasteiger partial charge in [-0.05, 0) is 53.5 Å². The molecule has 1 saturated carbocycles. The zero-order chi connectivity index (χ0) is 21.4. The number of carboxylic acid groups (broad SMARTS) is 2. The molecule has 1 atom stereocenters.